The Hall–Kier alpha value is -3.41. The van der Waals surface area contributed by atoms with Gasteiger partial charge in [-0.15, -0.1) is 0 Å². The number of anilines is 1. The topological polar surface area (TPSA) is 58.6 Å². The van der Waals surface area contributed by atoms with Crippen molar-refractivity contribution < 1.29 is 9.53 Å². The van der Waals surface area contributed by atoms with Crippen molar-refractivity contribution in [2.75, 3.05) is 32.6 Å². The molecule has 0 bridgehead atoms. The summed E-state index contributed by atoms with van der Waals surface area (Å²) in [6, 6.07) is 17.2. The predicted molar refractivity (Wildman–Crippen MR) is 118 cm³/mol. The van der Waals surface area contributed by atoms with Gasteiger partial charge in [-0.05, 0) is 42.7 Å². The van der Waals surface area contributed by atoms with Crippen molar-refractivity contribution in [1.29, 1.82) is 0 Å². The van der Waals surface area contributed by atoms with Gasteiger partial charge < -0.3 is 14.5 Å². The molecule has 0 spiro atoms. The van der Waals surface area contributed by atoms with Crippen LogP contribution in [0.1, 0.15) is 34.9 Å². The third kappa shape index (κ3) is 3.85. The van der Waals surface area contributed by atoms with E-state index in [-0.39, 0.29) is 11.9 Å². The number of carbonyl (C=O) groups is 1. The number of likely N-dealkylation sites (tertiary alicyclic amines) is 1. The van der Waals surface area contributed by atoms with Crippen molar-refractivity contribution in [2.45, 2.75) is 18.9 Å². The van der Waals surface area contributed by atoms with Crippen LogP contribution in [0.25, 0.3) is 11.1 Å². The molecule has 0 radical (unpaired) electrons. The molecule has 154 valence electrons. The highest BCUT2D eigenvalue weighted by molar-refractivity contribution is 5.94. The van der Waals surface area contributed by atoms with Crippen molar-refractivity contribution in [3.8, 4) is 16.9 Å². The van der Waals surface area contributed by atoms with Gasteiger partial charge in [-0.25, -0.2) is 9.97 Å². The van der Waals surface area contributed by atoms with Gasteiger partial charge in [0, 0.05) is 38.0 Å². The fourth-order valence-corrected chi connectivity index (χ4v) is 3.91. The molecule has 1 aliphatic rings. The number of hydrogen-bond donors (Lipinski definition) is 0. The molecule has 1 aliphatic heterocycles. The molecular formula is C24H26N4O2. The van der Waals surface area contributed by atoms with Gasteiger partial charge in [-0.3, -0.25) is 4.79 Å². The van der Waals surface area contributed by atoms with E-state index in [0.717, 1.165) is 42.0 Å². The Morgan fingerprint density at radius 2 is 1.93 bits per heavy atom. The molecular weight excluding hydrogens is 376 g/mol. The van der Waals surface area contributed by atoms with Crippen LogP contribution < -0.4 is 9.64 Å². The third-order valence-electron chi connectivity index (χ3n) is 5.44. The Kier molecular flexibility index (Phi) is 5.65. The Morgan fingerprint density at radius 3 is 2.67 bits per heavy atom. The number of benzene rings is 2. The molecule has 3 aromatic rings. The summed E-state index contributed by atoms with van der Waals surface area (Å²) in [5, 5.41) is 0. The summed E-state index contributed by atoms with van der Waals surface area (Å²) in [7, 11) is 5.50. The second-order valence-corrected chi connectivity index (χ2v) is 7.62. The maximum Gasteiger partial charge on any atom is 0.254 e. The SMILES string of the molecule is COc1cccc(-c2cnc(N(C)C)nc2[C@@H]2CCCN2C(=O)c2ccccc2)c1. The minimum atomic E-state index is -0.0967. The molecule has 2 heterocycles. The lowest BCUT2D eigenvalue weighted by Gasteiger charge is -2.27. The van der Waals surface area contributed by atoms with Crippen LogP contribution >= 0.6 is 0 Å². The highest BCUT2D eigenvalue weighted by Crippen LogP contribution is 2.38. The second kappa shape index (κ2) is 8.53. The van der Waals surface area contributed by atoms with Crippen molar-refractivity contribution in [3.05, 3.63) is 72.1 Å². The summed E-state index contributed by atoms with van der Waals surface area (Å²) in [4.78, 5) is 26.5. The standard InChI is InChI=1S/C24H26N4O2/c1-27(2)24-25-16-20(18-11-7-12-19(15-18)30-3)22(26-24)21-13-8-14-28(21)23(29)17-9-5-4-6-10-17/h4-7,9-12,15-16,21H,8,13-14H2,1-3H3/t21-/m0/s1. The van der Waals surface area contributed by atoms with Gasteiger partial charge in [-0.1, -0.05) is 30.3 Å². The molecule has 0 N–H and O–H groups in total. The van der Waals surface area contributed by atoms with Crippen LogP contribution in [0.4, 0.5) is 5.95 Å². The predicted octanol–water partition coefficient (Wildman–Crippen LogP) is 4.20. The van der Waals surface area contributed by atoms with Crippen LogP contribution in [-0.2, 0) is 0 Å². The highest BCUT2D eigenvalue weighted by Gasteiger charge is 2.33. The number of hydrogen-bond acceptors (Lipinski definition) is 5. The normalized spacial score (nSPS) is 15.8. The van der Waals surface area contributed by atoms with Gasteiger partial charge in [0.05, 0.1) is 18.8 Å². The van der Waals surface area contributed by atoms with Crippen molar-refractivity contribution >= 4 is 11.9 Å². The lowest BCUT2D eigenvalue weighted by atomic mass is 9.99. The quantitative estimate of drug-likeness (QED) is 0.640. The highest BCUT2D eigenvalue weighted by atomic mass is 16.5. The number of methoxy groups -OCH3 is 1. The molecule has 1 amide bonds. The van der Waals surface area contributed by atoms with Gasteiger partial charge in [-0.2, -0.15) is 0 Å². The molecule has 0 unspecified atom stereocenters. The summed E-state index contributed by atoms with van der Waals surface area (Å²) in [5.74, 6) is 1.45. The maximum atomic E-state index is 13.2. The Bertz CT molecular complexity index is 1040. The summed E-state index contributed by atoms with van der Waals surface area (Å²) in [6.07, 6.45) is 3.68. The van der Waals surface area contributed by atoms with E-state index in [1.54, 1.807) is 7.11 Å². The maximum absolute atomic E-state index is 13.2. The molecule has 1 atom stereocenters. The zero-order valence-corrected chi connectivity index (χ0v) is 17.6. The number of aromatic nitrogens is 2. The first-order valence-electron chi connectivity index (χ1n) is 10.1. The Balaban J connectivity index is 1.79. The molecule has 6 nitrogen and oxygen atoms in total. The lowest BCUT2D eigenvalue weighted by molar-refractivity contribution is 0.0733. The number of amides is 1. The minimum absolute atomic E-state index is 0.0414. The van der Waals surface area contributed by atoms with Gasteiger partial charge in [0.1, 0.15) is 5.75 Å². The van der Waals surface area contributed by atoms with Crippen LogP contribution in [0.5, 0.6) is 5.75 Å². The van der Waals surface area contributed by atoms with E-state index < -0.39 is 0 Å². The summed E-state index contributed by atoms with van der Waals surface area (Å²) in [5.41, 5.74) is 3.49. The molecule has 0 aliphatic carbocycles. The zero-order valence-electron chi connectivity index (χ0n) is 17.6. The smallest absolute Gasteiger partial charge is 0.254 e. The molecule has 1 fully saturated rings. The summed E-state index contributed by atoms with van der Waals surface area (Å²) in [6.45, 7) is 0.719. The van der Waals surface area contributed by atoms with Crippen molar-refractivity contribution in [1.82, 2.24) is 14.9 Å². The molecule has 2 aromatic carbocycles. The first kappa shape index (κ1) is 19.9. The van der Waals surface area contributed by atoms with Crippen LogP contribution in [0.2, 0.25) is 0 Å². The van der Waals surface area contributed by atoms with Gasteiger partial charge in [0.25, 0.3) is 5.91 Å². The zero-order chi connectivity index (χ0) is 21.1. The molecule has 30 heavy (non-hydrogen) atoms. The van der Waals surface area contributed by atoms with Crippen molar-refractivity contribution in [2.24, 2.45) is 0 Å². The van der Waals surface area contributed by atoms with Crippen LogP contribution in [0.15, 0.2) is 60.8 Å². The Labute approximate surface area is 177 Å². The lowest BCUT2D eigenvalue weighted by Crippen LogP contribution is -2.31. The largest absolute Gasteiger partial charge is 0.497 e. The molecule has 6 heteroatoms. The average Bonchev–Trinajstić information content (AvgIpc) is 3.28. The monoisotopic (exact) mass is 402 g/mol. The van der Waals surface area contributed by atoms with Crippen molar-refractivity contribution in [3.63, 3.8) is 0 Å². The minimum Gasteiger partial charge on any atom is -0.497 e. The number of nitrogens with zero attached hydrogens (tertiary/aromatic N) is 4. The van der Waals surface area contributed by atoms with E-state index >= 15 is 0 Å². The summed E-state index contributed by atoms with van der Waals surface area (Å²) < 4.78 is 5.41. The van der Waals surface area contributed by atoms with Crippen LogP contribution in [-0.4, -0.2) is 48.5 Å². The van der Waals surface area contributed by atoms with E-state index in [1.165, 1.54) is 0 Å². The van der Waals surface area contributed by atoms with E-state index in [1.807, 2.05) is 84.7 Å². The van der Waals surface area contributed by atoms with Gasteiger partial charge >= 0.3 is 0 Å². The Morgan fingerprint density at radius 1 is 1.13 bits per heavy atom. The number of carbonyl (C=O) groups excluding carboxylic acids is 1. The van der Waals surface area contributed by atoms with Gasteiger partial charge in [0.15, 0.2) is 0 Å². The second-order valence-electron chi connectivity index (χ2n) is 7.62. The van der Waals surface area contributed by atoms with Crippen LogP contribution in [0, 0.1) is 0 Å². The fourth-order valence-electron chi connectivity index (χ4n) is 3.91. The number of ether oxygens (including phenoxy) is 1. The third-order valence-corrected chi connectivity index (χ3v) is 5.44. The van der Waals surface area contributed by atoms with E-state index in [9.17, 15) is 4.79 Å². The molecule has 0 saturated carbocycles. The van der Waals surface area contributed by atoms with Gasteiger partial charge in [0.2, 0.25) is 5.95 Å². The molecule has 1 saturated heterocycles. The molecule has 4 rings (SSSR count). The van der Waals surface area contributed by atoms with E-state index in [4.69, 9.17) is 9.72 Å². The van der Waals surface area contributed by atoms with E-state index in [2.05, 4.69) is 4.98 Å². The number of rotatable bonds is 5. The van der Waals surface area contributed by atoms with E-state index in [0.29, 0.717) is 11.5 Å². The fraction of sp³-hybridized carbons (Fsp3) is 0.292. The summed E-state index contributed by atoms with van der Waals surface area (Å²) >= 11 is 0. The molecule has 1 aromatic heterocycles. The average molecular weight is 402 g/mol. The van der Waals surface area contributed by atoms with Crippen LogP contribution in [0.3, 0.4) is 0 Å². The first-order valence-corrected chi connectivity index (χ1v) is 10.1. The first-order chi connectivity index (χ1) is 14.6.